The Bertz CT molecular complexity index is 3490. The molecule has 1 aromatic heterocycles. The summed E-state index contributed by atoms with van der Waals surface area (Å²) in [4.78, 5) is 219. The fourth-order valence-electron chi connectivity index (χ4n) is 9.90. The Morgan fingerprint density at radius 1 is 0.604 bits per heavy atom. The van der Waals surface area contributed by atoms with Crippen LogP contribution >= 0.6 is 0 Å². The molecule has 1 saturated heterocycles. The highest BCUT2D eigenvalue weighted by atomic mass is 16.5. The van der Waals surface area contributed by atoms with E-state index in [1.807, 2.05) is 10.6 Å². The van der Waals surface area contributed by atoms with E-state index >= 15 is 0 Å². The fraction of sp³-hybridized carbons (Fsp3) is 0.559. The summed E-state index contributed by atoms with van der Waals surface area (Å²) in [7, 11) is 0. The van der Waals surface area contributed by atoms with Crippen LogP contribution in [-0.2, 0) is 81.5 Å². The minimum Gasteiger partial charge on any atom is -0.504 e. The number of hydrogen-bond acceptors (Lipinski definition) is 24. The van der Waals surface area contributed by atoms with Crippen molar-refractivity contribution in [1.29, 1.82) is 0 Å². The number of piperidine rings is 1. The van der Waals surface area contributed by atoms with E-state index < -0.39 is 230 Å². The third kappa shape index (κ3) is 25.0. The Labute approximate surface area is 574 Å². The molecule has 1 fully saturated rings. The molecule has 3 heterocycles. The topological polar surface area (TPSA) is 659 Å². The summed E-state index contributed by atoms with van der Waals surface area (Å²) in [6.07, 6.45) is -3.74. The van der Waals surface area contributed by atoms with E-state index in [2.05, 4.69) is 63.8 Å². The lowest BCUT2D eigenvalue weighted by molar-refractivity contribution is -0.674. The Hall–Kier alpha value is -11.1. The maximum Gasteiger partial charge on any atom is 0.335 e. The molecule has 2 aliphatic rings. The van der Waals surface area contributed by atoms with Gasteiger partial charge in [0, 0.05) is 37.3 Å². The number of carbonyl (C=O) groups excluding carboxylic acids is 15. The van der Waals surface area contributed by atoms with Crippen molar-refractivity contribution in [2.75, 3.05) is 50.0 Å². The first-order valence-corrected chi connectivity index (χ1v) is 31.8. The smallest absolute Gasteiger partial charge is 0.335 e. The number of unbranched alkanes of at least 4 members (excludes halogenated alkanes) is 1. The number of anilines is 2. The highest BCUT2D eigenvalue weighted by Gasteiger charge is 2.40. The minimum atomic E-state index is -2.78. The van der Waals surface area contributed by atoms with Crippen LogP contribution in [0.3, 0.4) is 0 Å². The number of rotatable bonds is 38. The van der Waals surface area contributed by atoms with E-state index in [9.17, 15) is 112 Å². The molecule has 2 aliphatic heterocycles. The molecular weight excluding hydrogens is 1340 g/mol. The highest BCUT2D eigenvalue weighted by molar-refractivity contribution is 6.01. The first-order valence-electron chi connectivity index (χ1n) is 31.8. The van der Waals surface area contributed by atoms with Crippen LogP contribution in [0.1, 0.15) is 105 Å². The molecule has 556 valence electrons. The number of aliphatic hydroxyl groups is 2. The van der Waals surface area contributed by atoms with Gasteiger partial charge < -0.3 is 111 Å². The van der Waals surface area contributed by atoms with Gasteiger partial charge in [-0.05, 0) is 91.8 Å². The number of hydrogen-bond donors (Lipinski definition) is 23. The van der Waals surface area contributed by atoms with E-state index in [4.69, 9.17) is 16.6 Å². The zero-order valence-corrected chi connectivity index (χ0v) is 55.6. The van der Waals surface area contributed by atoms with Crippen LogP contribution in [0.2, 0.25) is 0 Å². The van der Waals surface area contributed by atoms with Crippen molar-refractivity contribution in [3.05, 3.63) is 18.2 Å². The van der Waals surface area contributed by atoms with Gasteiger partial charge in [0.15, 0.2) is 23.6 Å². The van der Waals surface area contributed by atoms with E-state index in [1.165, 1.54) is 50.5 Å². The zero-order valence-electron chi connectivity index (χ0n) is 55.6. The van der Waals surface area contributed by atoms with Gasteiger partial charge in [0.05, 0.1) is 32.7 Å². The van der Waals surface area contributed by atoms with Crippen molar-refractivity contribution in [1.82, 2.24) is 68.9 Å². The van der Waals surface area contributed by atoms with Crippen LogP contribution in [0.4, 0.5) is 11.5 Å². The van der Waals surface area contributed by atoms with Gasteiger partial charge in [0.1, 0.15) is 71.6 Å². The number of pyridine rings is 1. The molecule has 0 saturated carbocycles. The standard InChI is InChI=1S/C59H86N18O24/c1-25(48(88)65-26(2)49(89)67-28(4)52(92)73-33-10-8-18-76(101)58(33)98)66-50(90)27(3)68-55(95)35(24-78)74-54(94)32(11-12-40(61)81)72-57(97)45(46(87)59(99)100)75-43(84)23-63-42(83)22-64-53(93)31(9-6-7-16-60)71-51(91)29(5)69-56(96)36-15-17-62-47-34(70-41(82)13-14-44(85)86)19-30-20-38(79)39(80)21-37(30)77(36)47/h19-21,25-29,31-33,35-36,45-46,78,87,101H,6-18,22-24,60H2,1-5H3,(H19,61,62,63,64,65,66,67,68,69,70,71,72,73,74,75,79,80,81,82,83,84,85,86,88,89,90,91,92,93,94,95,96,97,99,100)/p+1/t25-,26-,27+,28+,29-,31-,32-,33+,35-,36-,45-,46-/m1/s1. The lowest BCUT2D eigenvalue weighted by atomic mass is 10.0. The second kappa shape index (κ2) is 38.9. The molecule has 12 atom stereocenters. The molecule has 42 nitrogen and oxygen atoms in total. The van der Waals surface area contributed by atoms with Gasteiger partial charge in [-0.2, -0.15) is 0 Å². The number of aromatic hydroxyl groups is 2. The lowest BCUT2D eigenvalue weighted by Gasteiger charge is -2.29. The molecule has 1 aromatic carbocycles. The summed E-state index contributed by atoms with van der Waals surface area (Å²) in [5.41, 5.74) is 11.2. The summed E-state index contributed by atoms with van der Waals surface area (Å²) in [6.45, 7) is 3.45. The van der Waals surface area contributed by atoms with Crippen LogP contribution in [0, 0.1) is 0 Å². The highest BCUT2D eigenvalue weighted by Crippen LogP contribution is 2.35. The maximum atomic E-state index is 14.1. The van der Waals surface area contributed by atoms with Crippen molar-refractivity contribution < 1.29 is 122 Å². The molecule has 101 heavy (non-hydrogen) atoms. The second-order valence-corrected chi connectivity index (χ2v) is 23.6. The Morgan fingerprint density at radius 2 is 1.14 bits per heavy atom. The fourth-order valence-corrected chi connectivity index (χ4v) is 9.90. The second-order valence-electron chi connectivity index (χ2n) is 23.6. The number of phenolic OH excluding ortho intramolecular Hbond substituents is 2. The number of primary amides is 1. The number of hydroxylamine groups is 2. The number of phenols is 2. The molecule has 0 spiro atoms. The van der Waals surface area contributed by atoms with E-state index in [1.54, 1.807) is 0 Å². The van der Waals surface area contributed by atoms with Crippen molar-refractivity contribution in [2.24, 2.45) is 11.5 Å². The van der Waals surface area contributed by atoms with Crippen molar-refractivity contribution >= 4 is 123 Å². The predicted octanol–water partition coefficient (Wildman–Crippen LogP) is -9.28. The number of aromatic nitrogens is 1. The van der Waals surface area contributed by atoms with Crippen LogP contribution in [-0.4, -0.2) is 247 Å². The number of carboxylic acid groups (broad SMARTS) is 2. The summed E-state index contributed by atoms with van der Waals surface area (Å²) in [6, 6.07) is -12.9. The van der Waals surface area contributed by atoms with E-state index in [-0.39, 0.29) is 67.7 Å². The monoisotopic (exact) mass is 1430 g/mol. The molecule has 0 radical (unpaired) electrons. The molecule has 0 unspecified atom stereocenters. The molecule has 42 heteroatoms. The summed E-state index contributed by atoms with van der Waals surface area (Å²) < 4.78 is 1.41. The number of fused-ring (bicyclic) bond motifs is 3. The summed E-state index contributed by atoms with van der Waals surface area (Å²) in [5.74, 6) is -19.5. The Morgan fingerprint density at radius 3 is 1.72 bits per heavy atom. The van der Waals surface area contributed by atoms with Crippen molar-refractivity contribution in [2.45, 2.75) is 171 Å². The van der Waals surface area contributed by atoms with Crippen LogP contribution in [0.15, 0.2) is 18.2 Å². The SMILES string of the molecule is C[C@H](NC(=O)[C@@H](C)NC(=O)[C@@H](C)NC(=O)[C@H](C)NC(=O)[C@@H](CO)NC(=O)[C@@H](CCC(N)=O)NC(=O)[C@H](NC(=O)CNC(=O)CNC(=O)[C@@H](CCCCN)NC(=O)[C@@H](C)NC(=O)[C@H]1CCNc2c(NC(=O)CCC(=O)O)cc3cc(O)c(O)cc3[n+]21)[C@@H](O)C(=O)O)C(=O)N[C@H]1CCCN(O)C1=O. The summed E-state index contributed by atoms with van der Waals surface area (Å²) >= 11 is 0. The molecule has 25 N–H and O–H groups in total. The number of nitrogens with one attached hydrogen (secondary N) is 14. The number of amides is 15. The first kappa shape index (κ1) is 82.3. The Balaban J connectivity index is 1.33. The summed E-state index contributed by atoms with van der Waals surface area (Å²) in [5, 5.41) is 103. The number of aliphatic hydroxyl groups excluding tert-OH is 2. The van der Waals surface area contributed by atoms with Gasteiger partial charge in [-0.15, -0.1) is 0 Å². The number of benzene rings is 1. The lowest BCUT2D eigenvalue weighted by Crippen LogP contribution is -2.62. The van der Waals surface area contributed by atoms with Crippen molar-refractivity contribution in [3.63, 3.8) is 0 Å². The molecule has 15 amide bonds. The molecular formula is C59H87N18O24+. The molecule has 0 bridgehead atoms. The molecule has 4 rings (SSSR count). The van der Waals surface area contributed by atoms with Crippen LogP contribution < -0.4 is 90.5 Å². The Kier molecular flexibility index (Phi) is 31.7. The third-order valence-electron chi connectivity index (χ3n) is 15.6. The van der Waals surface area contributed by atoms with Crippen LogP contribution in [0.5, 0.6) is 11.5 Å². The number of nitrogens with zero attached hydrogens (tertiary/aromatic N) is 2. The van der Waals surface area contributed by atoms with Gasteiger partial charge in [-0.25, -0.2) is 14.4 Å². The molecule has 2 aromatic rings. The normalized spacial score (nSPS) is 16.9. The average molecular weight is 1430 g/mol. The minimum absolute atomic E-state index is 0.0528. The van der Waals surface area contributed by atoms with Gasteiger partial charge in [0.25, 0.3) is 17.6 Å². The number of aliphatic carboxylic acids is 2. The van der Waals surface area contributed by atoms with Crippen molar-refractivity contribution in [3.8, 4) is 11.5 Å². The maximum absolute atomic E-state index is 14.1. The average Bonchev–Trinajstić information content (AvgIpc) is 0.749. The van der Waals surface area contributed by atoms with E-state index in [0.717, 1.165) is 6.92 Å². The molecule has 0 aliphatic carbocycles. The first-order chi connectivity index (χ1) is 47.5. The number of carboxylic acids is 2. The predicted molar refractivity (Wildman–Crippen MR) is 344 cm³/mol. The number of carbonyl (C=O) groups is 17. The third-order valence-corrected chi connectivity index (χ3v) is 15.6. The van der Waals surface area contributed by atoms with Crippen LogP contribution in [0.25, 0.3) is 10.9 Å². The van der Waals surface area contributed by atoms with Gasteiger partial charge in [-0.1, -0.05) is 0 Å². The largest absolute Gasteiger partial charge is 0.504 e. The van der Waals surface area contributed by atoms with E-state index in [0.29, 0.717) is 17.9 Å². The zero-order chi connectivity index (χ0) is 75.7. The number of nitrogens with two attached hydrogens (primary N) is 2. The quantitative estimate of drug-likeness (QED) is 0.0128. The van der Waals surface area contributed by atoms with Gasteiger partial charge in [-0.3, -0.25) is 87.2 Å². The van der Waals surface area contributed by atoms with Gasteiger partial charge >= 0.3 is 11.9 Å². The van der Waals surface area contributed by atoms with Gasteiger partial charge in [0.2, 0.25) is 76.8 Å².